The summed E-state index contributed by atoms with van der Waals surface area (Å²) in [6, 6.07) is 5.14. The number of benzene rings is 1. The van der Waals surface area contributed by atoms with Crippen molar-refractivity contribution in [3.05, 3.63) is 40.8 Å². The molecule has 0 aliphatic carbocycles. The molecule has 21 heavy (non-hydrogen) atoms. The number of sulfonamides is 1. The van der Waals surface area contributed by atoms with Gasteiger partial charge in [0.15, 0.2) is 0 Å². The van der Waals surface area contributed by atoms with Crippen LogP contribution in [-0.2, 0) is 16.6 Å². The quantitative estimate of drug-likeness (QED) is 0.873. The van der Waals surface area contributed by atoms with Crippen molar-refractivity contribution < 1.29 is 12.9 Å². The minimum absolute atomic E-state index is 0.146. The Labute approximate surface area is 124 Å². The van der Waals surface area contributed by atoms with Gasteiger partial charge < -0.3 is 10.3 Å². The first-order valence-electron chi connectivity index (χ1n) is 6.47. The zero-order valence-electron chi connectivity index (χ0n) is 12.5. The summed E-state index contributed by atoms with van der Waals surface area (Å²) in [5.74, 6) is 0.645. The van der Waals surface area contributed by atoms with Gasteiger partial charge in [-0.3, -0.25) is 0 Å². The lowest BCUT2D eigenvalue weighted by Gasteiger charge is -2.19. The van der Waals surface area contributed by atoms with Gasteiger partial charge in [-0.15, -0.1) is 0 Å². The molecule has 6 nitrogen and oxygen atoms in total. The molecule has 0 amide bonds. The largest absolute Gasteiger partial charge is 0.398 e. The van der Waals surface area contributed by atoms with E-state index in [-0.39, 0.29) is 11.4 Å². The molecule has 7 heteroatoms. The molecule has 2 rings (SSSR count). The monoisotopic (exact) mass is 309 g/mol. The summed E-state index contributed by atoms with van der Waals surface area (Å²) in [6.07, 6.45) is 0. The van der Waals surface area contributed by atoms with E-state index < -0.39 is 10.0 Å². The molecule has 0 saturated heterocycles. The van der Waals surface area contributed by atoms with Crippen LogP contribution in [0.3, 0.4) is 0 Å². The Hall–Kier alpha value is -1.86. The van der Waals surface area contributed by atoms with E-state index in [9.17, 15) is 8.42 Å². The first-order valence-corrected chi connectivity index (χ1v) is 7.91. The Morgan fingerprint density at radius 3 is 2.52 bits per heavy atom. The summed E-state index contributed by atoms with van der Waals surface area (Å²) in [5, 5.41) is 3.82. The predicted octanol–water partition coefficient (Wildman–Crippen LogP) is 2.00. The minimum Gasteiger partial charge on any atom is -0.398 e. The normalized spacial score (nSPS) is 12.0. The zero-order valence-corrected chi connectivity index (χ0v) is 13.4. The van der Waals surface area contributed by atoms with Gasteiger partial charge in [0, 0.05) is 18.8 Å². The summed E-state index contributed by atoms with van der Waals surface area (Å²) < 4.78 is 31.7. The fraction of sp³-hybridized carbons (Fsp3) is 0.357. The Morgan fingerprint density at radius 1 is 1.29 bits per heavy atom. The van der Waals surface area contributed by atoms with Gasteiger partial charge in [0.2, 0.25) is 10.0 Å². The summed E-state index contributed by atoms with van der Waals surface area (Å²) in [6.45, 7) is 5.38. The second kappa shape index (κ2) is 5.50. The van der Waals surface area contributed by atoms with Crippen molar-refractivity contribution in [2.24, 2.45) is 0 Å². The van der Waals surface area contributed by atoms with Crippen LogP contribution in [-0.4, -0.2) is 24.9 Å². The van der Waals surface area contributed by atoms with Crippen LogP contribution in [0.2, 0.25) is 0 Å². The third-order valence-electron chi connectivity index (χ3n) is 3.37. The summed E-state index contributed by atoms with van der Waals surface area (Å²) in [4.78, 5) is 0.255. The van der Waals surface area contributed by atoms with E-state index in [2.05, 4.69) is 5.16 Å². The molecule has 0 saturated carbocycles. The number of hydrogen-bond acceptors (Lipinski definition) is 5. The van der Waals surface area contributed by atoms with E-state index in [1.807, 2.05) is 0 Å². The molecule has 0 aliphatic rings. The molecule has 0 aliphatic heterocycles. The molecule has 0 spiro atoms. The van der Waals surface area contributed by atoms with E-state index >= 15 is 0 Å². The van der Waals surface area contributed by atoms with Crippen molar-refractivity contribution in [1.29, 1.82) is 0 Å². The van der Waals surface area contributed by atoms with Crippen LogP contribution in [0, 0.1) is 20.8 Å². The number of anilines is 1. The summed E-state index contributed by atoms with van der Waals surface area (Å²) in [5.41, 5.74) is 8.10. The molecule has 1 heterocycles. The number of nitrogen functional groups attached to an aromatic ring is 1. The number of aromatic nitrogens is 1. The molecule has 0 radical (unpaired) electrons. The molecule has 2 N–H and O–H groups in total. The van der Waals surface area contributed by atoms with Gasteiger partial charge in [-0.2, -0.15) is 4.31 Å². The van der Waals surface area contributed by atoms with Gasteiger partial charge in [-0.1, -0.05) is 11.2 Å². The minimum atomic E-state index is -3.64. The van der Waals surface area contributed by atoms with Gasteiger partial charge in [0.1, 0.15) is 5.76 Å². The molecule has 0 unspecified atom stereocenters. The molecule has 2 aromatic rings. The molecular formula is C14H19N3O3S. The Morgan fingerprint density at radius 2 is 1.95 bits per heavy atom. The van der Waals surface area contributed by atoms with Gasteiger partial charge in [-0.05, 0) is 38.0 Å². The molecule has 1 aromatic heterocycles. The topological polar surface area (TPSA) is 89.4 Å². The van der Waals surface area contributed by atoms with E-state index in [0.717, 1.165) is 0 Å². The number of hydrogen-bond donors (Lipinski definition) is 1. The van der Waals surface area contributed by atoms with Crippen LogP contribution in [0.4, 0.5) is 5.69 Å². The maximum Gasteiger partial charge on any atom is 0.243 e. The number of rotatable bonds is 4. The van der Waals surface area contributed by atoms with Crippen LogP contribution >= 0.6 is 0 Å². The van der Waals surface area contributed by atoms with E-state index in [0.29, 0.717) is 28.3 Å². The van der Waals surface area contributed by atoms with Gasteiger partial charge in [-0.25, -0.2) is 8.42 Å². The molecule has 0 fully saturated rings. The molecule has 114 valence electrons. The molecular weight excluding hydrogens is 290 g/mol. The highest BCUT2D eigenvalue weighted by atomic mass is 32.2. The number of nitrogens with two attached hydrogens (primary N) is 1. The van der Waals surface area contributed by atoms with E-state index in [4.69, 9.17) is 10.3 Å². The van der Waals surface area contributed by atoms with Crippen molar-refractivity contribution in [1.82, 2.24) is 9.46 Å². The highest BCUT2D eigenvalue weighted by Gasteiger charge is 2.26. The molecule has 1 aromatic carbocycles. The van der Waals surface area contributed by atoms with Gasteiger partial charge >= 0.3 is 0 Å². The lowest BCUT2D eigenvalue weighted by Crippen LogP contribution is -2.28. The van der Waals surface area contributed by atoms with Crippen LogP contribution in [0.5, 0.6) is 0 Å². The zero-order chi connectivity index (χ0) is 15.8. The Kier molecular flexibility index (Phi) is 4.06. The standard InChI is InChI=1S/C14H19N3O3S/c1-9-5-6-13(15)11(3)14(9)21(18,19)17(4)8-12-7-10(2)20-16-12/h5-7H,8,15H2,1-4H3. The van der Waals surface area contributed by atoms with E-state index in [1.54, 1.807) is 39.0 Å². The average Bonchev–Trinajstić information content (AvgIpc) is 2.79. The van der Waals surface area contributed by atoms with Gasteiger partial charge in [0.25, 0.3) is 0 Å². The lowest BCUT2D eigenvalue weighted by atomic mass is 10.1. The number of nitrogens with zero attached hydrogens (tertiary/aromatic N) is 2. The van der Waals surface area contributed by atoms with Crippen LogP contribution in [0.1, 0.15) is 22.6 Å². The van der Waals surface area contributed by atoms with Crippen LogP contribution < -0.4 is 5.73 Å². The third-order valence-corrected chi connectivity index (χ3v) is 5.47. The second-order valence-electron chi connectivity index (χ2n) is 5.12. The van der Waals surface area contributed by atoms with Crippen LogP contribution in [0.15, 0.2) is 27.6 Å². The second-order valence-corrected chi connectivity index (χ2v) is 7.10. The van der Waals surface area contributed by atoms with Crippen molar-refractivity contribution in [2.45, 2.75) is 32.2 Å². The highest BCUT2D eigenvalue weighted by molar-refractivity contribution is 7.89. The molecule has 0 atom stereocenters. The fourth-order valence-electron chi connectivity index (χ4n) is 2.20. The smallest absolute Gasteiger partial charge is 0.243 e. The summed E-state index contributed by atoms with van der Waals surface area (Å²) >= 11 is 0. The lowest BCUT2D eigenvalue weighted by molar-refractivity contribution is 0.378. The SMILES string of the molecule is Cc1cc(CN(C)S(=O)(=O)c2c(C)ccc(N)c2C)no1. The summed E-state index contributed by atoms with van der Waals surface area (Å²) in [7, 11) is -2.12. The third kappa shape index (κ3) is 2.93. The fourth-order valence-corrected chi connectivity index (χ4v) is 3.79. The van der Waals surface area contributed by atoms with Gasteiger partial charge in [0.05, 0.1) is 17.1 Å². The highest BCUT2D eigenvalue weighted by Crippen LogP contribution is 2.27. The first kappa shape index (κ1) is 15.5. The van der Waals surface area contributed by atoms with Crippen molar-refractivity contribution in [3.8, 4) is 0 Å². The van der Waals surface area contributed by atoms with Crippen molar-refractivity contribution in [2.75, 3.05) is 12.8 Å². The van der Waals surface area contributed by atoms with Crippen molar-refractivity contribution >= 4 is 15.7 Å². The average molecular weight is 309 g/mol. The first-order chi connectivity index (χ1) is 9.73. The van der Waals surface area contributed by atoms with Crippen molar-refractivity contribution in [3.63, 3.8) is 0 Å². The predicted molar refractivity (Wildman–Crippen MR) is 80.2 cm³/mol. The molecule has 0 bridgehead atoms. The van der Waals surface area contributed by atoms with E-state index in [1.165, 1.54) is 11.4 Å². The maximum atomic E-state index is 12.7. The Bertz CT molecular complexity index is 766. The maximum absolute atomic E-state index is 12.7. The number of aryl methyl sites for hydroxylation is 2. The van der Waals surface area contributed by atoms with Crippen LogP contribution in [0.25, 0.3) is 0 Å². The Balaban J connectivity index is 2.40.